The maximum absolute atomic E-state index is 13.3. The SMILES string of the molecule is Nc1ncnc2c1c(C#CCNC(=O)CCOCCOCCOCCOCCNC(=O)CCC(=O)N1Cc3ccccc3C#Cc3ccccc31)cn2[C@H]1C[C@H](O)[C@@H](COP(=O)(O)OP(=O)(O)OP(=O)(O)O)O1. The summed E-state index contributed by atoms with van der Waals surface area (Å²) in [5.74, 6) is 11.4. The number of aliphatic hydroxyl groups excluding tert-OH is 1. The van der Waals surface area contributed by atoms with E-state index >= 15 is 0 Å². The van der Waals surface area contributed by atoms with Crippen LogP contribution in [0, 0.1) is 23.7 Å². The first-order chi connectivity index (χ1) is 34.9. The molecule has 6 rings (SSSR count). The molecule has 26 nitrogen and oxygen atoms in total. The summed E-state index contributed by atoms with van der Waals surface area (Å²) in [5.41, 5.74) is 9.98. The number of phosphoric acid groups is 3. The lowest BCUT2D eigenvalue weighted by Gasteiger charge is -2.26. The number of phosphoric ester groups is 1. The zero-order valence-corrected chi connectivity index (χ0v) is 41.7. The molecule has 0 bridgehead atoms. The minimum Gasteiger partial charge on any atom is -0.390 e. The van der Waals surface area contributed by atoms with Crippen molar-refractivity contribution in [2.24, 2.45) is 0 Å². The maximum Gasteiger partial charge on any atom is 0.490 e. The highest BCUT2D eigenvalue weighted by molar-refractivity contribution is 7.66. The van der Waals surface area contributed by atoms with E-state index in [0.29, 0.717) is 49.6 Å². The van der Waals surface area contributed by atoms with Crippen LogP contribution in [0.5, 0.6) is 0 Å². The number of hydrogen-bond acceptors (Lipinski definition) is 18. The van der Waals surface area contributed by atoms with E-state index in [0.717, 1.165) is 16.7 Å². The van der Waals surface area contributed by atoms with Gasteiger partial charge in [-0.2, -0.15) is 8.62 Å². The summed E-state index contributed by atoms with van der Waals surface area (Å²) in [6, 6.07) is 15.2. The Labute approximate surface area is 418 Å². The molecule has 5 atom stereocenters. The zero-order chi connectivity index (χ0) is 52.4. The van der Waals surface area contributed by atoms with Gasteiger partial charge in [0.2, 0.25) is 17.7 Å². The van der Waals surface area contributed by atoms with Crippen molar-refractivity contribution in [1.29, 1.82) is 0 Å². The number of rotatable bonds is 27. The molecule has 1 saturated heterocycles. The highest BCUT2D eigenvalue weighted by Gasteiger charge is 2.43. The molecule has 0 saturated carbocycles. The first-order valence-corrected chi connectivity index (χ1v) is 27.0. The topological polar surface area (TPSA) is 361 Å². The summed E-state index contributed by atoms with van der Waals surface area (Å²) in [6.45, 7) is 1.92. The van der Waals surface area contributed by atoms with Crippen LogP contribution >= 0.6 is 23.5 Å². The number of aliphatic hydroxyl groups is 1. The second-order valence-electron chi connectivity index (χ2n) is 15.8. The molecule has 1 fully saturated rings. The fraction of sp³-hybridized carbons (Fsp3) is 0.432. The Hall–Kier alpha value is -5.44. The standard InChI is InChI=1S/C44H54N7O19P3/c45-43-42-34(28-51(44(42)49-30-48-43)41-26-36(52)37(68-41)29-67-72(59,60)70-73(61,62)69-71(56,57)58)9-5-16-46-39(54)15-18-63-20-22-65-24-25-66-23-21-64-19-17-47-38(53)13-14-40(55)50-27-33-8-2-1-6-31(33)11-12-32-7-3-4-10-35(32)50/h1-4,6-8,10,28,30,36-37,41,52H,13-27,29H2,(H,46,54)(H,47,53)(H,59,60)(H,61,62)(H2,45,48,49)(H2,56,57,58)/t36-,37+,41+/m0/s1. The zero-order valence-electron chi connectivity index (χ0n) is 39.0. The number of benzene rings is 2. The number of hydrogen-bond donors (Lipinski definition) is 8. The molecule has 0 spiro atoms. The summed E-state index contributed by atoms with van der Waals surface area (Å²) in [4.78, 5) is 84.7. The number of carbonyl (C=O) groups excluding carboxylic acids is 3. The molecule has 2 aromatic carbocycles. The first kappa shape index (κ1) is 56.8. The first-order valence-electron chi connectivity index (χ1n) is 22.4. The van der Waals surface area contributed by atoms with Crippen LogP contribution in [-0.4, -0.2) is 142 Å². The number of nitrogen functional groups attached to an aromatic ring is 1. The number of nitrogens with one attached hydrogen (secondary N) is 2. The Kier molecular flexibility index (Phi) is 21.2. The van der Waals surface area contributed by atoms with Gasteiger partial charge in [0.15, 0.2) is 0 Å². The molecular weight excluding hydrogens is 1020 g/mol. The van der Waals surface area contributed by atoms with Gasteiger partial charge in [0.05, 0.1) is 95.3 Å². The van der Waals surface area contributed by atoms with Crippen molar-refractivity contribution < 1.29 is 89.6 Å². The van der Waals surface area contributed by atoms with Crippen LogP contribution in [0.3, 0.4) is 0 Å². The number of ether oxygens (including phenoxy) is 5. The van der Waals surface area contributed by atoms with E-state index in [4.69, 9.17) is 39.2 Å². The van der Waals surface area contributed by atoms with Gasteiger partial charge in [-0.05, 0) is 23.8 Å². The fourth-order valence-corrected chi connectivity index (χ4v) is 10.2. The van der Waals surface area contributed by atoms with Gasteiger partial charge in [0, 0.05) is 49.6 Å². The number of nitrogens with two attached hydrogens (primary N) is 1. The Morgan fingerprint density at radius 3 is 2.16 bits per heavy atom. The molecule has 0 aliphatic carbocycles. The number of nitrogens with zero attached hydrogens (tertiary/aromatic N) is 4. The predicted octanol–water partition coefficient (Wildman–Crippen LogP) is 1.77. The van der Waals surface area contributed by atoms with Crippen LogP contribution in [-0.2, 0) is 71.5 Å². The molecule has 4 heterocycles. The molecule has 73 heavy (non-hydrogen) atoms. The molecule has 4 aromatic rings. The highest BCUT2D eigenvalue weighted by atomic mass is 31.3. The lowest BCUT2D eigenvalue weighted by atomic mass is 10.0. The van der Waals surface area contributed by atoms with Crippen molar-refractivity contribution in [1.82, 2.24) is 25.2 Å². The van der Waals surface area contributed by atoms with E-state index in [1.165, 1.54) is 17.1 Å². The number of para-hydroxylation sites is 1. The molecule has 2 aliphatic rings. The van der Waals surface area contributed by atoms with Crippen LogP contribution in [0.15, 0.2) is 61.1 Å². The third kappa shape index (κ3) is 18.2. The number of aromatic nitrogens is 3. The Balaban J connectivity index is 0.780. The summed E-state index contributed by atoms with van der Waals surface area (Å²) >= 11 is 0. The largest absolute Gasteiger partial charge is 0.490 e. The molecule has 0 radical (unpaired) electrons. The van der Waals surface area contributed by atoms with Crippen molar-refractivity contribution in [3.8, 4) is 23.7 Å². The van der Waals surface area contributed by atoms with E-state index in [9.17, 15) is 43.0 Å². The van der Waals surface area contributed by atoms with E-state index in [1.807, 2.05) is 48.5 Å². The van der Waals surface area contributed by atoms with Crippen molar-refractivity contribution in [3.63, 3.8) is 0 Å². The Morgan fingerprint density at radius 2 is 1.44 bits per heavy atom. The van der Waals surface area contributed by atoms with E-state index < -0.39 is 48.5 Å². The molecule has 2 aliphatic heterocycles. The van der Waals surface area contributed by atoms with Gasteiger partial charge in [-0.1, -0.05) is 54.0 Å². The molecule has 29 heteroatoms. The van der Waals surface area contributed by atoms with Crippen LogP contribution in [0.25, 0.3) is 11.0 Å². The molecule has 2 unspecified atom stereocenters. The lowest BCUT2D eigenvalue weighted by Crippen LogP contribution is -2.34. The number of carbonyl (C=O) groups is 3. The minimum absolute atomic E-state index is 0.0346. The average molecular weight is 1080 g/mol. The summed E-state index contributed by atoms with van der Waals surface area (Å²) in [5, 5.41) is 16.4. The van der Waals surface area contributed by atoms with E-state index in [1.54, 1.807) is 4.90 Å². The fourth-order valence-electron chi connectivity index (χ4n) is 7.14. The maximum atomic E-state index is 13.3. The Morgan fingerprint density at radius 1 is 0.795 bits per heavy atom. The van der Waals surface area contributed by atoms with Gasteiger partial charge in [-0.3, -0.25) is 18.9 Å². The van der Waals surface area contributed by atoms with Crippen molar-refractivity contribution in [3.05, 3.63) is 83.3 Å². The van der Waals surface area contributed by atoms with Crippen LogP contribution in [0.1, 0.15) is 54.2 Å². The molecule has 9 N–H and O–H groups in total. The van der Waals surface area contributed by atoms with Crippen molar-refractivity contribution >= 4 is 63.7 Å². The number of amides is 3. The van der Waals surface area contributed by atoms with Gasteiger partial charge in [0.25, 0.3) is 0 Å². The van der Waals surface area contributed by atoms with Crippen molar-refractivity contribution in [2.75, 3.05) is 83.2 Å². The summed E-state index contributed by atoms with van der Waals surface area (Å²) < 4.78 is 75.9. The predicted molar refractivity (Wildman–Crippen MR) is 256 cm³/mol. The van der Waals surface area contributed by atoms with Gasteiger partial charge < -0.3 is 74.2 Å². The molecule has 2 aromatic heterocycles. The van der Waals surface area contributed by atoms with Crippen LogP contribution < -0.4 is 21.3 Å². The van der Waals surface area contributed by atoms with Gasteiger partial charge in [-0.15, -0.1) is 0 Å². The van der Waals surface area contributed by atoms with Gasteiger partial charge >= 0.3 is 23.5 Å². The second-order valence-corrected chi connectivity index (χ2v) is 20.2. The molecule has 394 valence electrons. The average Bonchev–Trinajstić information content (AvgIpc) is 3.89. The summed E-state index contributed by atoms with van der Waals surface area (Å²) in [6.07, 6.45) is -0.861. The van der Waals surface area contributed by atoms with E-state index in [-0.39, 0.29) is 94.4 Å². The lowest BCUT2D eigenvalue weighted by molar-refractivity contribution is -0.125. The van der Waals surface area contributed by atoms with E-state index in [2.05, 4.69) is 57.4 Å². The van der Waals surface area contributed by atoms with Gasteiger partial charge in [0.1, 0.15) is 30.1 Å². The van der Waals surface area contributed by atoms with Gasteiger partial charge in [-0.25, -0.2) is 23.7 Å². The van der Waals surface area contributed by atoms with Crippen LogP contribution in [0.4, 0.5) is 11.5 Å². The second kappa shape index (κ2) is 27.2. The van der Waals surface area contributed by atoms with Crippen molar-refractivity contribution in [2.45, 2.75) is 50.7 Å². The molecular formula is C44H54N7O19P3. The monoisotopic (exact) mass is 1080 g/mol. The third-order valence-corrected chi connectivity index (χ3v) is 14.3. The smallest absolute Gasteiger partial charge is 0.390 e. The van der Waals surface area contributed by atoms with Crippen LogP contribution in [0.2, 0.25) is 0 Å². The normalized spacial score (nSPS) is 17.9. The number of anilines is 2. The molecule has 3 amide bonds. The highest BCUT2D eigenvalue weighted by Crippen LogP contribution is 2.66. The summed E-state index contributed by atoms with van der Waals surface area (Å²) in [7, 11) is -16.8. The Bertz CT molecular complexity index is 2840. The number of fused-ring (bicyclic) bond motifs is 3. The third-order valence-electron chi connectivity index (χ3n) is 10.5. The quantitative estimate of drug-likeness (QED) is 0.0240. The minimum atomic E-state index is -5.75.